The molecule has 0 radical (unpaired) electrons. The van der Waals surface area contributed by atoms with E-state index in [0.717, 1.165) is 22.4 Å². The van der Waals surface area contributed by atoms with Crippen molar-refractivity contribution in [2.24, 2.45) is 0 Å². The van der Waals surface area contributed by atoms with Gasteiger partial charge in [-0.3, -0.25) is 0 Å². The SMILES string of the molecule is Cc1cnc2cc(C(C)n3ccc4c(N)ncnc43)ccn12. The number of rotatable bonds is 2. The molecule has 22 heavy (non-hydrogen) atoms. The molecule has 0 aliphatic heterocycles. The Morgan fingerprint density at radius 1 is 1.14 bits per heavy atom. The summed E-state index contributed by atoms with van der Waals surface area (Å²) < 4.78 is 4.18. The molecular weight excluding hydrogens is 276 g/mol. The van der Waals surface area contributed by atoms with Crippen LogP contribution in [-0.4, -0.2) is 23.9 Å². The lowest BCUT2D eigenvalue weighted by Crippen LogP contribution is -2.07. The van der Waals surface area contributed by atoms with Crippen LogP contribution in [0.15, 0.2) is 43.1 Å². The van der Waals surface area contributed by atoms with Crippen molar-refractivity contribution in [3.05, 3.63) is 54.4 Å². The molecule has 4 rings (SSSR count). The van der Waals surface area contributed by atoms with E-state index < -0.39 is 0 Å². The van der Waals surface area contributed by atoms with E-state index >= 15 is 0 Å². The standard InChI is InChI=1S/C16H16N6/c1-10-8-18-14-7-12(3-5-21(10)14)11(2)22-6-4-13-15(17)19-9-20-16(13)22/h3-9,11H,1-2H3,(H2,17,19,20). The van der Waals surface area contributed by atoms with Crippen molar-refractivity contribution in [2.45, 2.75) is 19.9 Å². The minimum Gasteiger partial charge on any atom is -0.383 e. The minimum atomic E-state index is 0.133. The lowest BCUT2D eigenvalue weighted by molar-refractivity contribution is 0.657. The molecule has 0 saturated heterocycles. The molecule has 110 valence electrons. The van der Waals surface area contributed by atoms with E-state index in [1.807, 2.05) is 25.4 Å². The summed E-state index contributed by atoms with van der Waals surface area (Å²) in [5.41, 5.74) is 10.0. The van der Waals surface area contributed by atoms with Gasteiger partial charge in [-0.25, -0.2) is 15.0 Å². The van der Waals surface area contributed by atoms with Crippen LogP contribution in [0.5, 0.6) is 0 Å². The highest BCUT2D eigenvalue weighted by Crippen LogP contribution is 2.26. The molecule has 2 N–H and O–H groups in total. The fraction of sp³-hybridized carbons (Fsp3) is 0.188. The Morgan fingerprint density at radius 2 is 2.00 bits per heavy atom. The van der Waals surface area contributed by atoms with Gasteiger partial charge >= 0.3 is 0 Å². The second kappa shape index (κ2) is 4.56. The normalized spacial score (nSPS) is 13.0. The number of nitrogen functional groups attached to an aromatic ring is 1. The smallest absolute Gasteiger partial charge is 0.146 e. The summed E-state index contributed by atoms with van der Waals surface area (Å²) >= 11 is 0. The Morgan fingerprint density at radius 3 is 2.86 bits per heavy atom. The highest BCUT2D eigenvalue weighted by Gasteiger charge is 2.14. The Hall–Kier alpha value is -2.89. The number of nitrogens with two attached hydrogens (primary N) is 1. The van der Waals surface area contributed by atoms with Crippen molar-refractivity contribution in [3.63, 3.8) is 0 Å². The molecule has 1 unspecified atom stereocenters. The van der Waals surface area contributed by atoms with E-state index in [-0.39, 0.29) is 6.04 Å². The van der Waals surface area contributed by atoms with Gasteiger partial charge in [0.25, 0.3) is 0 Å². The molecule has 6 nitrogen and oxygen atoms in total. The molecule has 4 aromatic heterocycles. The maximum absolute atomic E-state index is 5.91. The topological polar surface area (TPSA) is 74.0 Å². The molecule has 1 atom stereocenters. The average Bonchev–Trinajstić information content (AvgIpc) is 3.11. The van der Waals surface area contributed by atoms with Crippen molar-refractivity contribution in [3.8, 4) is 0 Å². The summed E-state index contributed by atoms with van der Waals surface area (Å²) in [6.45, 7) is 4.18. The van der Waals surface area contributed by atoms with Gasteiger partial charge in [-0.2, -0.15) is 0 Å². The van der Waals surface area contributed by atoms with Gasteiger partial charge in [-0.15, -0.1) is 0 Å². The molecule has 6 heteroatoms. The third-order valence-corrected chi connectivity index (χ3v) is 4.16. The number of anilines is 1. The molecule has 0 fully saturated rings. The number of pyridine rings is 1. The van der Waals surface area contributed by atoms with Crippen molar-refractivity contribution in [1.82, 2.24) is 23.9 Å². The Kier molecular flexibility index (Phi) is 2.66. The van der Waals surface area contributed by atoms with Crippen molar-refractivity contribution in [2.75, 3.05) is 5.73 Å². The van der Waals surface area contributed by atoms with Crippen molar-refractivity contribution in [1.29, 1.82) is 0 Å². The van der Waals surface area contributed by atoms with Gasteiger partial charge in [0.05, 0.1) is 11.4 Å². The molecule has 0 spiro atoms. The van der Waals surface area contributed by atoms with Gasteiger partial charge in [-0.05, 0) is 37.6 Å². The lowest BCUT2D eigenvalue weighted by Gasteiger charge is -2.15. The van der Waals surface area contributed by atoms with Gasteiger partial charge in [0, 0.05) is 24.3 Å². The third kappa shape index (κ3) is 1.77. The molecule has 0 aliphatic carbocycles. The predicted octanol–water partition coefficient (Wildman–Crippen LogP) is 2.58. The molecule has 4 aromatic rings. The largest absolute Gasteiger partial charge is 0.383 e. The quantitative estimate of drug-likeness (QED) is 0.616. The van der Waals surface area contributed by atoms with Crippen LogP contribution in [0, 0.1) is 6.92 Å². The molecule has 0 aromatic carbocycles. The van der Waals surface area contributed by atoms with Gasteiger partial charge in [0.15, 0.2) is 0 Å². The summed E-state index contributed by atoms with van der Waals surface area (Å²) in [5.74, 6) is 0.510. The second-order valence-corrected chi connectivity index (χ2v) is 5.48. The summed E-state index contributed by atoms with van der Waals surface area (Å²) in [5, 5.41) is 0.882. The van der Waals surface area contributed by atoms with E-state index in [1.54, 1.807) is 0 Å². The zero-order chi connectivity index (χ0) is 15.3. The Labute approximate surface area is 127 Å². The van der Waals surface area contributed by atoms with E-state index in [9.17, 15) is 0 Å². The van der Waals surface area contributed by atoms with Gasteiger partial charge in [0.1, 0.15) is 23.4 Å². The Balaban J connectivity index is 1.84. The van der Waals surface area contributed by atoms with Crippen molar-refractivity contribution >= 4 is 22.5 Å². The number of fused-ring (bicyclic) bond motifs is 2. The summed E-state index contributed by atoms with van der Waals surface area (Å²) in [6.07, 6.45) is 7.44. The van der Waals surface area contributed by atoms with E-state index in [4.69, 9.17) is 5.73 Å². The van der Waals surface area contributed by atoms with Crippen molar-refractivity contribution < 1.29 is 0 Å². The van der Waals surface area contributed by atoms with Crippen LogP contribution >= 0.6 is 0 Å². The van der Waals surface area contributed by atoms with Gasteiger partial charge in [-0.1, -0.05) is 0 Å². The number of hydrogen-bond donors (Lipinski definition) is 1. The first-order valence-electron chi connectivity index (χ1n) is 7.16. The number of hydrogen-bond acceptors (Lipinski definition) is 4. The van der Waals surface area contributed by atoms with Gasteiger partial charge in [0.2, 0.25) is 0 Å². The lowest BCUT2D eigenvalue weighted by atomic mass is 10.1. The number of imidazole rings is 1. The molecule has 0 bridgehead atoms. The molecular formula is C16H16N6. The van der Waals surface area contributed by atoms with E-state index in [1.165, 1.54) is 11.9 Å². The monoisotopic (exact) mass is 292 g/mol. The highest BCUT2D eigenvalue weighted by atomic mass is 15.1. The van der Waals surface area contributed by atoms with Crippen LogP contribution in [0.2, 0.25) is 0 Å². The van der Waals surface area contributed by atoms with Crippen LogP contribution in [0.3, 0.4) is 0 Å². The van der Waals surface area contributed by atoms with Crippen LogP contribution in [0.4, 0.5) is 5.82 Å². The van der Waals surface area contributed by atoms with Crippen LogP contribution < -0.4 is 5.73 Å². The third-order valence-electron chi connectivity index (χ3n) is 4.16. The number of aryl methyl sites for hydroxylation is 1. The summed E-state index contributed by atoms with van der Waals surface area (Å²) in [4.78, 5) is 12.8. The average molecular weight is 292 g/mol. The predicted molar refractivity (Wildman–Crippen MR) is 85.7 cm³/mol. The van der Waals surface area contributed by atoms with Crippen LogP contribution in [0.25, 0.3) is 16.7 Å². The van der Waals surface area contributed by atoms with Crippen LogP contribution in [-0.2, 0) is 0 Å². The maximum atomic E-state index is 5.91. The fourth-order valence-electron chi connectivity index (χ4n) is 2.85. The summed E-state index contributed by atoms with van der Waals surface area (Å²) in [6, 6.07) is 6.31. The maximum Gasteiger partial charge on any atom is 0.146 e. The number of aromatic nitrogens is 5. The molecule has 0 saturated carbocycles. The number of nitrogens with zero attached hydrogens (tertiary/aromatic N) is 5. The fourth-order valence-corrected chi connectivity index (χ4v) is 2.85. The zero-order valence-corrected chi connectivity index (χ0v) is 12.4. The van der Waals surface area contributed by atoms with Crippen LogP contribution in [0.1, 0.15) is 24.2 Å². The highest BCUT2D eigenvalue weighted by molar-refractivity contribution is 5.86. The zero-order valence-electron chi connectivity index (χ0n) is 12.4. The Bertz CT molecular complexity index is 981. The first kappa shape index (κ1) is 12.8. The second-order valence-electron chi connectivity index (χ2n) is 5.48. The van der Waals surface area contributed by atoms with E-state index in [0.29, 0.717) is 5.82 Å². The summed E-state index contributed by atoms with van der Waals surface area (Å²) in [7, 11) is 0. The minimum absolute atomic E-state index is 0.133. The van der Waals surface area contributed by atoms with E-state index in [2.05, 4.69) is 49.2 Å². The molecule has 4 heterocycles. The first-order chi connectivity index (χ1) is 10.6. The molecule has 0 aliphatic rings. The first-order valence-corrected chi connectivity index (χ1v) is 7.16. The van der Waals surface area contributed by atoms with Gasteiger partial charge < -0.3 is 14.7 Å². The molecule has 0 amide bonds.